The molecule has 0 atom stereocenters. The number of carbonyl (C=O) groups excluding carboxylic acids is 1. The Bertz CT molecular complexity index is 773. The van der Waals surface area contributed by atoms with Gasteiger partial charge in [-0.3, -0.25) is 4.79 Å². The molecule has 3 heteroatoms. The van der Waals surface area contributed by atoms with Crippen LogP contribution in [0.3, 0.4) is 0 Å². The zero-order chi connectivity index (χ0) is 14.7. The topological polar surface area (TPSA) is 26.3 Å². The zero-order valence-corrected chi connectivity index (χ0v) is 12.7. The van der Waals surface area contributed by atoms with E-state index in [1.807, 2.05) is 53.9 Å². The molecule has 0 N–H and O–H groups in total. The van der Waals surface area contributed by atoms with E-state index in [4.69, 9.17) is 4.74 Å². The highest BCUT2D eigenvalue weighted by atomic mass is 32.1. The van der Waals surface area contributed by atoms with Gasteiger partial charge < -0.3 is 4.74 Å². The standard InChI is InChI=1S/C18H16O2S/c1-2-10-20-15-7-3-6-14(12-15)17(19)16-8-4-5-13-9-11-21-18(13)16/h3-9,11-12H,2,10H2,1H3. The van der Waals surface area contributed by atoms with Crippen LogP contribution in [0.15, 0.2) is 53.9 Å². The summed E-state index contributed by atoms with van der Waals surface area (Å²) >= 11 is 1.60. The van der Waals surface area contributed by atoms with Crippen molar-refractivity contribution in [2.24, 2.45) is 0 Å². The van der Waals surface area contributed by atoms with E-state index in [0.717, 1.165) is 27.8 Å². The molecule has 0 saturated heterocycles. The van der Waals surface area contributed by atoms with Gasteiger partial charge in [-0.1, -0.05) is 31.2 Å². The molecule has 1 heterocycles. The lowest BCUT2D eigenvalue weighted by molar-refractivity contribution is 0.104. The summed E-state index contributed by atoms with van der Waals surface area (Å²) in [6.45, 7) is 2.73. The summed E-state index contributed by atoms with van der Waals surface area (Å²) in [6, 6.07) is 15.3. The summed E-state index contributed by atoms with van der Waals surface area (Å²) in [5.74, 6) is 0.797. The molecule has 2 nitrogen and oxygen atoms in total. The van der Waals surface area contributed by atoms with Gasteiger partial charge in [0.15, 0.2) is 5.78 Å². The van der Waals surface area contributed by atoms with Crippen molar-refractivity contribution >= 4 is 27.2 Å². The largest absolute Gasteiger partial charge is 0.494 e. The highest BCUT2D eigenvalue weighted by molar-refractivity contribution is 7.17. The third-order valence-corrected chi connectivity index (χ3v) is 4.26. The first-order valence-electron chi connectivity index (χ1n) is 7.03. The summed E-state index contributed by atoms with van der Waals surface area (Å²) in [6.07, 6.45) is 0.951. The lowest BCUT2D eigenvalue weighted by Gasteiger charge is -2.07. The predicted molar refractivity (Wildman–Crippen MR) is 87.5 cm³/mol. The number of benzene rings is 2. The quantitative estimate of drug-likeness (QED) is 0.625. The average molecular weight is 296 g/mol. The summed E-state index contributed by atoms with van der Waals surface area (Å²) in [5, 5.41) is 3.13. The van der Waals surface area contributed by atoms with Crippen molar-refractivity contribution in [2.75, 3.05) is 6.61 Å². The highest BCUT2D eigenvalue weighted by Gasteiger charge is 2.13. The first-order chi connectivity index (χ1) is 10.3. The van der Waals surface area contributed by atoms with E-state index in [1.165, 1.54) is 0 Å². The molecule has 0 bridgehead atoms. The third kappa shape index (κ3) is 2.83. The minimum Gasteiger partial charge on any atom is -0.494 e. The molecule has 0 aliphatic carbocycles. The van der Waals surface area contributed by atoms with Gasteiger partial charge >= 0.3 is 0 Å². The summed E-state index contributed by atoms with van der Waals surface area (Å²) in [7, 11) is 0. The van der Waals surface area contributed by atoms with E-state index in [9.17, 15) is 4.79 Å². The van der Waals surface area contributed by atoms with Crippen LogP contribution in [0.4, 0.5) is 0 Å². The van der Waals surface area contributed by atoms with Crippen molar-refractivity contribution in [1.29, 1.82) is 0 Å². The van der Waals surface area contributed by atoms with E-state index in [0.29, 0.717) is 12.2 Å². The van der Waals surface area contributed by atoms with Crippen LogP contribution in [0.25, 0.3) is 10.1 Å². The molecule has 0 amide bonds. The number of fused-ring (bicyclic) bond motifs is 1. The van der Waals surface area contributed by atoms with Gasteiger partial charge in [-0.15, -0.1) is 11.3 Å². The van der Waals surface area contributed by atoms with Gasteiger partial charge in [0.05, 0.1) is 6.61 Å². The number of ether oxygens (including phenoxy) is 1. The molecule has 3 rings (SSSR count). The maximum Gasteiger partial charge on any atom is 0.194 e. The number of hydrogen-bond acceptors (Lipinski definition) is 3. The molecule has 0 saturated carbocycles. The fraction of sp³-hybridized carbons (Fsp3) is 0.167. The lowest BCUT2D eigenvalue weighted by atomic mass is 10.0. The van der Waals surface area contributed by atoms with Gasteiger partial charge in [0.25, 0.3) is 0 Å². The van der Waals surface area contributed by atoms with Crippen LogP contribution in [0.5, 0.6) is 5.75 Å². The van der Waals surface area contributed by atoms with Crippen LogP contribution in [-0.4, -0.2) is 12.4 Å². The van der Waals surface area contributed by atoms with Crippen LogP contribution < -0.4 is 4.74 Å². The number of ketones is 1. The van der Waals surface area contributed by atoms with E-state index in [2.05, 4.69) is 6.92 Å². The van der Waals surface area contributed by atoms with Crippen LogP contribution in [-0.2, 0) is 0 Å². The van der Waals surface area contributed by atoms with Crippen LogP contribution >= 0.6 is 11.3 Å². The minimum atomic E-state index is 0.0463. The van der Waals surface area contributed by atoms with Crippen LogP contribution in [0.2, 0.25) is 0 Å². The molecule has 0 spiro atoms. The molecule has 0 radical (unpaired) electrons. The predicted octanol–water partition coefficient (Wildman–Crippen LogP) is 4.92. The maximum absolute atomic E-state index is 12.7. The molecule has 106 valence electrons. The van der Waals surface area contributed by atoms with Crippen molar-refractivity contribution in [3.8, 4) is 5.75 Å². The normalized spacial score (nSPS) is 10.7. The Balaban J connectivity index is 1.96. The second-order valence-electron chi connectivity index (χ2n) is 4.85. The van der Waals surface area contributed by atoms with Crippen molar-refractivity contribution in [2.45, 2.75) is 13.3 Å². The summed E-state index contributed by atoms with van der Waals surface area (Å²) in [5.41, 5.74) is 1.43. The Labute approximate surface area is 128 Å². The van der Waals surface area contributed by atoms with Gasteiger partial charge in [-0.05, 0) is 41.5 Å². The van der Waals surface area contributed by atoms with Gasteiger partial charge in [0.1, 0.15) is 5.75 Å². The highest BCUT2D eigenvalue weighted by Crippen LogP contribution is 2.27. The van der Waals surface area contributed by atoms with Crippen molar-refractivity contribution in [3.63, 3.8) is 0 Å². The minimum absolute atomic E-state index is 0.0463. The van der Waals surface area contributed by atoms with E-state index in [1.54, 1.807) is 11.3 Å². The van der Waals surface area contributed by atoms with E-state index < -0.39 is 0 Å². The summed E-state index contributed by atoms with van der Waals surface area (Å²) in [4.78, 5) is 12.7. The molecule has 0 aliphatic rings. The van der Waals surface area contributed by atoms with Crippen molar-refractivity contribution < 1.29 is 9.53 Å². The van der Waals surface area contributed by atoms with Crippen LogP contribution in [0, 0.1) is 0 Å². The molecular weight excluding hydrogens is 280 g/mol. The molecule has 0 unspecified atom stereocenters. The molecule has 21 heavy (non-hydrogen) atoms. The second-order valence-corrected chi connectivity index (χ2v) is 5.77. The van der Waals surface area contributed by atoms with E-state index >= 15 is 0 Å². The smallest absolute Gasteiger partial charge is 0.194 e. The molecule has 0 aliphatic heterocycles. The first kappa shape index (κ1) is 13.8. The first-order valence-corrected chi connectivity index (χ1v) is 7.91. The molecule has 3 aromatic rings. The van der Waals surface area contributed by atoms with E-state index in [-0.39, 0.29) is 5.78 Å². The number of rotatable bonds is 5. The molecule has 1 aromatic heterocycles. The second kappa shape index (κ2) is 6.10. The summed E-state index contributed by atoms with van der Waals surface area (Å²) < 4.78 is 6.65. The number of hydrogen-bond donors (Lipinski definition) is 0. The fourth-order valence-corrected chi connectivity index (χ4v) is 3.18. The van der Waals surface area contributed by atoms with Crippen molar-refractivity contribution in [3.05, 3.63) is 65.0 Å². The van der Waals surface area contributed by atoms with Crippen LogP contribution in [0.1, 0.15) is 29.3 Å². The third-order valence-electron chi connectivity index (χ3n) is 3.29. The molecule has 2 aromatic carbocycles. The van der Waals surface area contributed by atoms with Crippen molar-refractivity contribution in [1.82, 2.24) is 0 Å². The van der Waals surface area contributed by atoms with Gasteiger partial charge in [0.2, 0.25) is 0 Å². The SMILES string of the molecule is CCCOc1cccc(C(=O)c2cccc3ccsc23)c1. The Morgan fingerprint density at radius 2 is 2.00 bits per heavy atom. The molecule has 0 fully saturated rings. The van der Waals surface area contributed by atoms with Gasteiger partial charge in [-0.25, -0.2) is 0 Å². The fourth-order valence-electron chi connectivity index (χ4n) is 2.27. The Kier molecular flexibility index (Phi) is 4.02. The average Bonchev–Trinajstić information content (AvgIpc) is 3.01. The Hall–Kier alpha value is -2.13. The monoisotopic (exact) mass is 296 g/mol. The zero-order valence-electron chi connectivity index (χ0n) is 11.8. The Morgan fingerprint density at radius 1 is 1.14 bits per heavy atom. The Morgan fingerprint density at radius 3 is 2.86 bits per heavy atom. The number of thiophene rings is 1. The number of carbonyl (C=O) groups is 1. The van der Waals surface area contributed by atoms with Gasteiger partial charge in [-0.2, -0.15) is 0 Å². The molecular formula is C18H16O2S. The lowest BCUT2D eigenvalue weighted by Crippen LogP contribution is -2.02. The maximum atomic E-state index is 12.7. The van der Waals surface area contributed by atoms with Gasteiger partial charge in [0, 0.05) is 15.8 Å².